The maximum atomic E-state index is 8.72. The molecular formula is C7H15BrO3. The molecule has 3 nitrogen and oxygen atoms in total. The summed E-state index contributed by atoms with van der Waals surface area (Å²) in [6.07, 6.45) is 1.24. The number of hydrogen-bond acceptors (Lipinski definition) is 3. The van der Waals surface area contributed by atoms with Gasteiger partial charge in [-0.1, -0.05) is 15.9 Å². The highest BCUT2D eigenvalue weighted by Crippen LogP contribution is 2.21. The molecule has 0 saturated heterocycles. The van der Waals surface area contributed by atoms with Crippen LogP contribution >= 0.6 is 15.9 Å². The van der Waals surface area contributed by atoms with E-state index < -0.39 is 5.79 Å². The van der Waals surface area contributed by atoms with Gasteiger partial charge < -0.3 is 14.6 Å². The van der Waals surface area contributed by atoms with Crippen molar-refractivity contribution in [2.24, 2.45) is 0 Å². The van der Waals surface area contributed by atoms with Crippen LogP contribution in [0.15, 0.2) is 0 Å². The van der Waals surface area contributed by atoms with Gasteiger partial charge >= 0.3 is 0 Å². The maximum absolute atomic E-state index is 8.72. The highest BCUT2D eigenvalue weighted by atomic mass is 79.9. The Labute approximate surface area is 75.8 Å². The monoisotopic (exact) mass is 226 g/mol. The molecule has 0 unspecified atom stereocenters. The lowest BCUT2D eigenvalue weighted by Crippen LogP contribution is -2.35. The Morgan fingerprint density at radius 1 is 1.27 bits per heavy atom. The molecule has 1 N–H and O–H groups in total. The zero-order chi connectivity index (χ0) is 8.74. The number of aliphatic hydroxyl groups is 1. The van der Waals surface area contributed by atoms with Crippen LogP contribution in [0.2, 0.25) is 0 Å². The molecule has 0 rings (SSSR count). The predicted molar refractivity (Wildman–Crippen MR) is 46.9 cm³/mol. The van der Waals surface area contributed by atoms with E-state index in [9.17, 15) is 0 Å². The molecule has 68 valence electrons. The van der Waals surface area contributed by atoms with Crippen LogP contribution in [0.3, 0.4) is 0 Å². The van der Waals surface area contributed by atoms with Crippen molar-refractivity contribution in [1.82, 2.24) is 0 Å². The number of methoxy groups -OCH3 is 2. The Kier molecular flexibility index (Phi) is 6.14. The molecule has 0 radical (unpaired) electrons. The summed E-state index contributed by atoms with van der Waals surface area (Å²) in [5.41, 5.74) is 0. The van der Waals surface area contributed by atoms with Crippen LogP contribution in [0, 0.1) is 0 Å². The first-order chi connectivity index (χ1) is 5.24. The molecule has 0 aliphatic heterocycles. The molecule has 11 heavy (non-hydrogen) atoms. The van der Waals surface area contributed by atoms with Crippen LogP contribution in [0.25, 0.3) is 0 Å². The van der Waals surface area contributed by atoms with Gasteiger partial charge in [-0.15, -0.1) is 0 Å². The molecule has 0 aromatic carbocycles. The van der Waals surface area contributed by atoms with Gasteiger partial charge in [0.25, 0.3) is 0 Å². The highest BCUT2D eigenvalue weighted by Gasteiger charge is 2.27. The molecule has 0 aromatic heterocycles. The summed E-state index contributed by atoms with van der Waals surface area (Å²) in [6, 6.07) is 0. The third-order valence-corrected chi connectivity index (χ3v) is 2.11. The maximum Gasteiger partial charge on any atom is 0.170 e. The summed E-state index contributed by atoms with van der Waals surface area (Å²) in [5.74, 6) is -0.613. The summed E-state index contributed by atoms with van der Waals surface area (Å²) in [5, 5.41) is 9.52. The Bertz CT molecular complexity index is 85.7. The van der Waals surface area contributed by atoms with E-state index >= 15 is 0 Å². The number of rotatable bonds is 6. The summed E-state index contributed by atoms with van der Waals surface area (Å²) in [4.78, 5) is 0. The molecule has 0 bridgehead atoms. The van der Waals surface area contributed by atoms with Crippen molar-refractivity contribution in [3.8, 4) is 0 Å². The molecule has 0 heterocycles. The molecule has 4 heteroatoms. The fourth-order valence-corrected chi connectivity index (χ4v) is 1.54. The zero-order valence-corrected chi connectivity index (χ0v) is 8.56. The number of ether oxygens (including phenoxy) is 2. The largest absolute Gasteiger partial charge is 0.396 e. The molecule has 0 amide bonds. The van der Waals surface area contributed by atoms with Crippen molar-refractivity contribution >= 4 is 15.9 Å². The van der Waals surface area contributed by atoms with E-state index in [0.29, 0.717) is 6.42 Å². The van der Waals surface area contributed by atoms with Gasteiger partial charge in [0.1, 0.15) is 0 Å². The predicted octanol–water partition coefficient (Wildman–Crippen LogP) is 1.14. The van der Waals surface area contributed by atoms with Crippen LogP contribution in [0.5, 0.6) is 0 Å². The number of hydrogen-bond donors (Lipinski definition) is 1. The molecule has 0 aliphatic rings. The number of alkyl halides is 1. The molecular weight excluding hydrogens is 212 g/mol. The van der Waals surface area contributed by atoms with Gasteiger partial charge in [0.05, 0.1) is 0 Å². The Morgan fingerprint density at radius 2 is 1.82 bits per heavy atom. The molecule has 0 saturated carbocycles. The molecule has 0 aliphatic carbocycles. The minimum Gasteiger partial charge on any atom is -0.396 e. The van der Waals surface area contributed by atoms with Gasteiger partial charge in [0, 0.05) is 39.0 Å². The number of halogens is 1. The minimum atomic E-state index is -0.613. The van der Waals surface area contributed by atoms with Crippen LogP contribution in [-0.2, 0) is 9.47 Å². The van der Waals surface area contributed by atoms with Gasteiger partial charge in [-0.2, -0.15) is 0 Å². The van der Waals surface area contributed by atoms with Crippen molar-refractivity contribution in [1.29, 1.82) is 0 Å². The van der Waals surface area contributed by atoms with Gasteiger partial charge in [-0.3, -0.25) is 0 Å². The summed E-state index contributed by atoms with van der Waals surface area (Å²) in [6.45, 7) is 0.0781. The lowest BCUT2D eigenvalue weighted by molar-refractivity contribution is -0.215. The van der Waals surface area contributed by atoms with E-state index in [-0.39, 0.29) is 6.61 Å². The fraction of sp³-hybridized carbons (Fsp3) is 1.00. The minimum absolute atomic E-state index is 0.0781. The Morgan fingerprint density at radius 3 is 2.09 bits per heavy atom. The van der Waals surface area contributed by atoms with Crippen molar-refractivity contribution < 1.29 is 14.6 Å². The zero-order valence-electron chi connectivity index (χ0n) is 6.97. The van der Waals surface area contributed by atoms with Crippen molar-refractivity contribution in [3.63, 3.8) is 0 Å². The SMILES string of the molecule is COC(CCO)(CCBr)OC. The lowest BCUT2D eigenvalue weighted by atomic mass is 10.1. The third kappa shape index (κ3) is 3.51. The fourth-order valence-electron chi connectivity index (χ4n) is 0.931. The standard InChI is InChI=1S/C7H15BrO3/c1-10-7(11-2,3-5-8)4-6-9/h9H,3-6H2,1-2H3. The topological polar surface area (TPSA) is 38.7 Å². The van der Waals surface area contributed by atoms with E-state index in [1.54, 1.807) is 14.2 Å². The van der Waals surface area contributed by atoms with Crippen LogP contribution < -0.4 is 0 Å². The Balaban J connectivity index is 3.96. The van der Waals surface area contributed by atoms with Gasteiger partial charge in [0.15, 0.2) is 5.79 Å². The van der Waals surface area contributed by atoms with E-state index in [1.165, 1.54) is 0 Å². The van der Waals surface area contributed by atoms with Gasteiger partial charge in [0.2, 0.25) is 0 Å². The van der Waals surface area contributed by atoms with Crippen molar-refractivity contribution in [2.75, 3.05) is 26.2 Å². The average Bonchev–Trinajstić information content (AvgIpc) is 2.04. The molecule has 0 atom stereocenters. The smallest absolute Gasteiger partial charge is 0.170 e. The second-order valence-corrected chi connectivity index (χ2v) is 3.02. The van der Waals surface area contributed by atoms with E-state index in [4.69, 9.17) is 14.6 Å². The first-order valence-corrected chi connectivity index (χ1v) is 4.64. The Hall–Kier alpha value is 0.360. The highest BCUT2D eigenvalue weighted by molar-refractivity contribution is 9.09. The summed E-state index contributed by atoms with van der Waals surface area (Å²) in [7, 11) is 3.17. The van der Waals surface area contributed by atoms with E-state index in [2.05, 4.69) is 15.9 Å². The summed E-state index contributed by atoms with van der Waals surface area (Å²) >= 11 is 3.30. The van der Waals surface area contributed by atoms with Crippen LogP contribution in [0.4, 0.5) is 0 Å². The van der Waals surface area contributed by atoms with Gasteiger partial charge in [-0.25, -0.2) is 0 Å². The summed E-state index contributed by atoms with van der Waals surface area (Å²) < 4.78 is 10.3. The average molecular weight is 227 g/mol. The van der Waals surface area contributed by atoms with E-state index in [1.807, 2.05) is 0 Å². The first-order valence-electron chi connectivity index (χ1n) is 3.52. The second kappa shape index (κ2) is 5.94. The molecule has 0 fully saturated rings. The molecule has 0 aromatic rings. The lowest BCUT2D eigenvalue weighted by Gasteiger charge is -2.29. The van der Waals surface area contributed by atoms with Crippen LogP contribution in [0.1, 0.15) is 12.8 Å². The third-order valence-electron chi connectivity index (χ3n) is 1.71. The van der Waals surface area contributed by atoms with Crippen LogP contribution in [-0.4, -0.2) is 37.1 Å². The van der Waals surface area contributed by atoms with E-state index in [0.717, 1.165) is 11.8 Å². The second-order valence-electron chi connectivity index (χ2n) is 2.23. The van der Waals surface area contributed by atoms with Crippen molar-refractivity contribution in [2.45, 2.75) is 18.6 Å². The number of aliphatic hydroxyl groups excluding tert-OH is 1. The normalized spacial score (nSPS) is 12.0. The van der Waals surface area contributed by atoms with Crippen molar-refractivity contribution in [3.05, 3.63) is 0 Å². The molecule has 0 spiro atoms. The quantitative estimate of drug-likeness (QED) is 0.546. The first kappa shape index (κ1) is 11.4. The van der Waals surface area contributed by atoms with Gasteiger partial charge in [-0.05, 0) is 0 Å².